The Morgan fingerprint density at radius 2 is 1.64 bits per heavy atom. The van der Waals surface area contributed by atoms with Gasteiger partial charge in [0, 0.05) is 11.5 Å². The summed E-state index contributed by atoms with van der Waals surface area (Å²) in [4.78, 5) is 0. The number of hydrogen-bond donors (Lipinski definition) is 1. The average molecular weight is 347 g/mol. The molecule has 1 atom stereocenters. The first-order valence-electron chi connectivity index (χ1n) is 8.54. The van der Waals surface area contributed by atoms with Crippen molar-refractivity contribution in [2.24, 2.45) is 5.73 Å². The van der Waals surface area contributed by atoms with E-state index in [0.29, 0.717) is 37.7 Å². The van der Waals surface area contributed by atoms with E-state index < -0.39 is 0 Å². The molecule has 0 radical (unpaired) electrons. The molecule has 2 aromatic rings. The smallest absolute Gasteiger partial charge is 0.161 e. The lowest BCUT2D eigenvalue weighted by molar-refractivity contribution is 0.287. The monoisotopic (exact) mass is 347 g/mol. The Morgan fingerprint density at radius 3 is 2.28 bits per heavy atom. The molecule has 0 heterocycles. The zero-order chi connectivity index (χ0) is 18.2. The third kappa shape index (κ3) is 4.86. The lowest BCUT2D eigenvalue weighted by Crippen LogP contribution is -2.16. The van der Waals surface area contributed by atoms with Crippen LogP contribution in [-0.2, 0) is 6.42 Å². The predicted molar refractivity (Wildman–Crippen MR) is 97.2 cm³/mol. The normalized spacial score (nSPS) is 11.9. The van der Waals surface area contributed by atoms with E-state index in [1.807, 2.05) is 32.0 Å². The fraction of sp³-hybridized carbons (Fsp3) is 0.400. The van der Waals surface area contributed by atoms with Crippen molar-refractivity contribution in [3.05, 3.63) is 53.3 Å². The quantitative estimate of drug-likeness (QED) is 0.747. The van der Waals surface area contributed by atoms with Crippen molar-refractivity contribution < 1.29 is 18.6 Å². The summed E-state index contributed by atoms with van der Waals surface area (Å²) < 4.78 is 30.3. The summed E-state index contributed by atoms with van der Waals surface area (Å²) in [5.41, 5.74) is 7.79. The molecule has 0 amide bonds. The molecule has 0 aromatic heterocycles. The Labute approximate surface area is 148 Å². The Morgan fingerprint density at radius 1 is 0.960 bits per heavy atom. The van der Waals surface area contributed by atoms with Crippen molar-refractivity contribution in [1.29, 1.82) is 0 Å². The van der Waals surface area contributed by atoms with Gasteiger partial charge >= 0.3 is 0 Å². The second kappa shape index (κ2) is 9.28. The Bertz CT molecular complexity index is 691. The fourth-order valence-corrected chi connectivity index (χ4v) is 2.85. The van der Waals surface area contributed by atoms with Gasteiger partial charge in [-0.25, -0.2) is 4.39 Å². The van der Waals surface area contributed by atoms with Crippen molar-refractivity contribution in [1.82, 2.24) is 0 Å². The van der Waals surface area contributed by atoms with Gasteiger partial charge in [0.1, 0.15) is 11.6 Å². The molecule has 0 aliphatic carbocycles. The van der Waals surface area contributed by atoms with Crippen LogP contribution in [0.1, 0.15) is 30.9 Å². The molecule has 5 heteroatoms. The molecule has 0 fully saturated rings. The van der Waals surface area contributed by atoms with E-state index in [-0.39, 0.29) is 11.7 Å². The van der Waals surface area contributed by atoms with Crippen molar-refractivity contribution >= 4 is 0 Å². The standard InChI is InChI=1S/C20H26FNO3/c1-4-24-19-8-6-14(11-20(19)25-5-2)10-15(13-22)17-12-16(21)7-9-18(17)23-3/h6-9,11-12,15H,4-5,10,13,22H2,1-3H3. The highest BCUT2D eigenvalue weighted by atomic mass is 19.1. The van der Waals surface area contributed by atoms with Gasteiger partial charge < -0.3 is 19.9 Å². The molecule has 0 bridgehead atoms. The highest BCUT2D eigenvalue weighted by Gasteiger charge is 2.17. The molecule has 0 aliphatic heterocycles. The third-order valence-corrected chi connectivity index (χ3v) is 4.01. The van der Waals surface area contributed by atoms with Crippen LogP contribution in [0.4, 0.5) is 4.39 Å². The van der Waals surface area contributed by atoms with Crippen molar-refractivity contribution in [3.63, 3.8) is 0 Å². The first kappa shape index (κ1) is 19.1. The molecule has 0 spiro atoms. The van der Waals surface area contributed by atoms with Gasteiger partial charge in [0.25, 0.3) is 0 Å². The number of ether oxygens (including phenoxy) is 3. The third-order valence-electron chi connectivity index (χ3n) is 4.01. The maximum atomic E-state index is 13.7. The SMILES string of the molecule is CCOc1ccc(CC(CN)c2cc(F)ccc2OC)cc1OCC. The van der Waals surface area contributed by atoms with Crippen molar-refractivity contribution in [2.75, 3.05) is 26.9 Å². The van der Waals surface area contributed by atoms with E-state index in [1.165, 1.54) is 12.1 Å². The minimum atomic E-state index is -0.295. The van der Waals surface area contributed by atoms with Crippen LogP contribution >= 0.6 is 0 Å². The lowest BCUT2D eigenvalue weighted by atomic mass is 9.91. The zero-order valence-corrected chi connectivity index (χ0v) is 15.0. The highest BCUT2D eigenvalue weighted by Crippen LogP contribution is 2.33. The topological polar surface area (TPSA) is 53.7 Å². The number of halogens is 1. The van der Waals surface area contributed by atoms with Crippen LogP contribution in [0.25, 0.3) is 0 Å². The first-order valence-corrected chi connectivity index (χ1v) is 8.54. The number of benzene rings is 2. The molecule has 136 valence electrons. The summed E-state index contributed by atoms with van der Waals surface area (Å²) in [6.07, 6.45) is 0.656. The van der Waals surface area contributed by atoms with Crippen LogP contribution in [0.15, 0.2) is 36.4 Å². The maximum Gasteiger partial charge on any atom is 0.161 e. The van der Waals surface area contributed by atoms with Crippen molar-refractivity contribution in [3.8, 4) is 17.2 Å². The lowest BCUT2D eigenvalue weighted by Gasteiger charge is -2.19. The molecular weight excluding hydrogens is 321 g/mol. The van der Waals surface area contributed by atoms with Gasteiger partial charge in [-0.15, -0.1) is 0 Å². The van der Waals surface area contributed by atoms with Gasteiger partial charge in [-0.05, 0) is 62.7 Å². The summed E-state index contributed by atoms with van der Waals surface area (Å²) in [6, 6.07) is 10.4. The summed E-state index contributed by atoms with van der Waals surface area (Å²) in [5.74, 6) is 1.73. The molecule has 0 aliphatic rings. The van der Waals surface area contributed by atoms with E-state index in [2.05, 4.69) is 0 Å². The average Bonchev–Trinajstić information content (AvgIpc) is 2.62. The molecule has 0 saturated carbocycles. The van der Waals surface area contributed by atoms with E-state index in [9.17, 15) is 4.39 Å². The molecule has 25 heavy (non-hydrogen) atoms. The highest BCUT2D eigenvalue weighted by molar-refractivity contribution is 5.44. The van der Waals surface area contributed by atoms with Crippen LogP contribution < -0.4 is 19.9 Å². The van der Waals surface area contributed by atoms with Crippen LogP contribution in [-0.4, -0.2) is 26.9 Å². The fourth-order valence-electron chi connectivity index (χ4n) is 2.85. The number of hydrogen-bond acceptors (Lipinski definition) is 4. The Kier molecular flexibility index (Phi) is 7.07. The van der Waals surface area contributed by atoms with Crippen LogP contribution in [0.5, 0.6) is 17.2 Å². The Hall–Kier alpha value is -2.27. The van der Waals surface area contributed by atoms with Crippen LogP contribution in [0, 0.1) is 5.82 Å². The second-order valence-electron chi connectivity index (χ2n) is 5.67. The molecular formula is C20H26FNO3. The zero-order valence-electron chi connectivity index (χ0n) is 15.0. The minimum absolute atomic E-state index is 0.0573. The van der Waals surface area contributed by atoms with Crippen molar-refractivity contribution in [2.45, 2.75) is 26.2 Å². The summed E-state index contributed by atoms with van der Waals surface area (Å²) >= 11 is 0. The summed E-state index contributed by atoms with van der Waals surface area (Å²) in [7, 11) is 1.58. The molecule has 1 unspecified atom stereocenters. The van der Waals surface area contributed by atoms with Crippen LogP contribution in [0.2, 0.25) is 0 Å². The van der Waals surface area contributed by atoms with Gasteiger partial charge in [0.15, 0.2) is 11.5 Å². The molecule has 2 N–H and O–H groups in total. The van der Waals surface area contributed by atoms with Crippen LogP contribution in [0.3, 0.4) is 0 Å². The van der Waals surface area contributed by atoms with E-state index in [0.717, 1.165) is 16.9 Å². The maximum absolute atomic E-state index is 13.7. The molecule has 2 aromatic carbocycles. The van der Waals surface area contributed by atoms with Gasteiger partial charge in [0.2, 0.25) is 0 Å². The number of rotatable bonds is 9. The van der Waals surface area contributed by atoms with Gasteiger partial charge in [-0.2, -0.15) is 0 Å². The predicted octanol–water partition coefficient (Wildman–Crippen LogP) is 3.92. The minimum Gasteiger partial charge on any atom is -0.496 e. The number of nitrogens with two attached hydrogens (primary N) is 1. The number of methoxy groups -OCH3 is 1. The van der Waals surface area contributed by atoms with Gasteiger partial charge in [-0.3, -0.25) is 0 Å². The molecule has 2 rings (SSSR count). The van der Waals surface area contributed by atoms with E-state index in [1.54, 1.807) is 13.2 Å². The summed E-state index contributed by atoms with van der Waals surface area (Å²) in [5, 5.41) is 0. The van der Waals surface area contributed by atoms with E-state index in [4.69, 9.17) is 19.9 Å². The van der Waals surface area contributed by atoms with Gasteiger partial charge in [-0.1, -0.05) is 6.07 Å². The second-order valence-corrected chi connectivity index (χ2v) is 5.67. The molecule has 0 saturated heterocycles. The molecule has 4 nitrogen and oxygen atoms in total. The Balaban J connectivity index is 2.30. The van der Waals surface area contributed by atoms with Gasteiger partial charge in [0.05, 0.1) is 20.3 Å². The van der Waals surface area contributed by atoms with E-state index >= 15 is 0 Å². The first-order chi connectivity index (χ1) is 12.1. The largest absolute Gasteiger partial charge is 0.496 e. The summed E-state index contributed by atoms with van der Waals surface area (Å²) in [6.45, 7) is 5.39.